The number of nitrogens with one attached hydrogen (secondary N) is 2. The van der Waals surface area contributed by atoms with Gasteiger partial charge in [0, 0.05) is 57.1 Å². The number of carbonyl (C=O) groups is 3. The lowest BCUT2D eigenvalue weighted by Crippen LogP contribution is -2.62. The number of rotatable bonds is 11. The van der Waals surface area contributed by atoms with Gasteiger partial charge in [0.2, 0.25) is 17.7 Å². The minimum atomic E-state index is -0.843. The molecule has 5 saturated carbocycles. The molecule has 5 aliphatic carbocycles. The zero-order valence-electron chi connectivity index (χ0n) is 33.1. The molecule has 0 aromatic rings. The van der Waals surface area contributed by atoms with Crippen molar-refractivity contribution in [2.75, 3.05) is 47.9 Å². The van der Waals surface area contributed by atoms with E-state index in [0.29, 0.717) is 42.7 Å². The average molecular weight is 732 g/mol. The number of hydrogen-bond donors (Lipinski definition) is 4. The van der Waals surface area contributed by atoms with Gasteiger partial charge in [-0.15, -0.1) is 0 Å². The second-order valence-corrected chi connectivity index (χ2v) is 18.4. The van der Waals surface area contributed by atoms with E-state index in [1.54, 1.807) is 26.1 Å². The smallest absolute Gasteiger partial charge is 0.242 e. The number of nitrogens with zero attached hydrogens (tertiary/aromatic N) is 3. The Kier molecular flexibility index (Phi) is 12.3. The van der Waals surface area contributed by atoms with Gasteiger partial charge in [-0.1, -0.05) is 27.2 Å². The number of methoxy groups -OCH3 is 1. The highest BCUT2D eigenvalue weighted by Gasteiger charge is 2.58. The molecule has 12 heteroatoms. The SMILES string of the molecule is CNC(=O)[C@@H]1CCCN1C(=O)C1CC(C2CCCC(CN3O[C@@H](CO)[C@@H]([C@H](C)O)[C@H]3C(=O)N[C@H]3C[C@H]4C[C@@H]([C@@H]3C)C4(C)C)C2OC)CC(N(C)C)C1. The highest BCUT2D eigenvalue weighted by molar-refractivity contribution is 5.89. The van der Waals surface area contributed by atoms with Crippen LogP contribution >= 0.6 is 0 Å². The fourth-order valence-corrected chi connectivity index (χ4v) is 12.1. The molecule has 0 radical (unpaired) electrons. The fourth-order valence-electron chi connectivity index (χ4n) is 12.1. The zero-order chi connectivity index (χ0) is 37.6. The van der Waals surface area contributed by atoms with Crippen LogP contribution in [0.1, 0.15) is 91.9 Å². The minimum absolute atomic E-state index is 0.0679. The monoisotopic (exact) mass is 732 g/mol. The van der Waals surface area contributed by atoms with Gasteiger partial charge in [-0.3, -0.25) is 19.2 Å². The normalized spacial score (nSPS) is 42.5. The van der Waals surface area contributed by atoms with Crippen molar-refractivity contribution < 1.29 is 34.2 Å². The highest BCUT2D eigenvalue weighted by atomic mass is 16.7. The number of likely N-dealkylation sites (tertiary alicyclic amines) is 1. The lowest BCUT2D eigenvalue weighted by molar-refractivity contribution is -0.193. The van der Waals surface area contributed by atoms with E-state index < -0.39 is 24.2 Å². The van der Waals surface area contributed by atoms with E-state index in [1.807, 2.05) is 4.90 Å². The summed E-state index contributed by atoms with van der Waals surface area (Å²) >= 11 is 0. The highest BCUT2D eigenvalue weighted by Crippen LogP contribution is 2.61. The summed E-state index contributed by atoms with van der Waals surface area (Å²) in [5.41, 5.74) is 0.306. The van der Waals surface area contributed by atoms with Crippen LogP contribution in [0.15, 0.2) is 0 Å². The molecule has 52 heavy (non-hydrogen) atoms. The van der Waals surface area contributed by atoms with Crippen LogP contribution in [0, 0.1) is 52.8 Å². The molecule has 4 N–H and O–H groups in total. The van der Waals surface area contributed by atoms with E-state index in [9.17, 15) is 24.6 Å². The molecular weight excluding hydrogens is 662 g/mol. The Morgan fingerprint density at radius 2 is 1.79 bits per heavy atom. The molecule has 12 nitrogen and oxygen atoms in total. The molecule has 3 amide bonds. The molecule has 2 heterocycles. The molecule has 296 valence electrons. The number of fused-ring (bicyclic) bond motifs is 2. The van der Waals surface area contributed by atoms with E-state index >= 15 is 0 Å². The van der Waals surface area contributed by atoms with Gasteiger partial charge in [-0.25, -0.2) is 0 Å². The van der Waals surface area contributed by atoms with Crippen molar-refractivity contribution in [2.45, 2.75) is 134 Å². The molecule has 2 bridgehead atoms. The maximum absolute atomic E-state index is 14.3. The van der Waals surface area contributed by atoms with Gasteiger partial charge in [-0.05, 0) is 114 Å². The summed E-state index contributed by atoms with van der Waals surface area (Å²) in [5.74, 6) is 1.30. The standard InChI is InChI=1S/C40H69N5O7/c1-22-30-18-27(40(30,3)4)19-31(22)42-38(49)35-34(23(2)47)33(21-46)52-45(35)20-24-11-9-12-29(36(24)51-8)25-15-26(17-28(16-25)43(6)7)39(50)44-14-10-13-32(44)37(48)41-5/h22-36,46-47H,9-21H2,1-8H3,(H,41,48)(H,42,49)/t22-,23-,24?,25?,26?,27+,28?,29?,30-,31-,32-,33-,34+,35-,36?/m0/s1. The molecule has 2 saturated heterocycles. The Hall–Kier alpha value is -1.83. The zero-order valence-corrected chi connectivity index (χ0v) is 33.1. The lowest BCUT2D eigenvalue weighted by atomic mass is 9.45. The Morgan fingerprint density at radius 3 is 2.40 bits per heavy atom. The predicted molar refractivity (Wildman–Crippen MR) is 197 cm³/mol. The molecule has 2 aliphatic heterocycles. The molecule has 7 fully saturated rings. The van der Waals surface area contributed by atoms with Crippen LogP contribution in [0.5, 0.6) is 0 Å². The first-order valence-corrected chi connectivity index (χ1v) is 20.5. The molecule has 15 atom stereocenters. The summed E-state index contributed by atoms with van der Waals surface area (Å²) in [5, 5.41) is 29.3. The summed E-state index contributed by atoms with van der Waals surface area (Å²) in [7, 11) is 7.62. The summed E-state index contributed by atoms with van der Waals surface area (Å²) in [4.78, 5) is 51.6. The van der Waals surface area contributed by atoms with Crippen molar-refractivity contribution in [3.63, 3.8) is 0 Å². The van der Waals surface area contributed by atoms with Crippen LogP contribution in [0.3, 0.4) is 0 Å². The third-order valence-electron chi connectivity index (χ3n) is 15.2. The summed E-state index contributed by atoms with van der Waals surface area (Å²) in [6, 6.07) is -0.785. The Balaban J connectivity index is 1.18. The van der Waals surface area contributed by atoms with Crippen molar-refractivity contribution in [3.05, 3.63) is 0 Å². The van der Waals surface area contributed by atoms with Crippen molar-refractivity contribution in [2.24, 2.45) is 52.8 Å². The van der Waals surface area contributed by atoms with E-state index in [-0.39, 0.29) is 72.2 Å². The van der Waals surface area contributed by atoms with Gasteiger partial charge in [0.25, 0.3) is 0 Å². The van der Waals surface area contributed by atoms with Crippen LogP contribution in [-0.4, -0.2) is 133 Å². The van der Waals surface area contributed by atoms with Gasteiger partial charge >= 0.3 is 0 Å². The minimum Gasteiger partial charge on any atom is -0.394 e. The van der Waals surface area contributed by atoms with Crippen LogP contribution in [0.4, 0.5) is 0 Å². The maximum atomic E-state index is 14.3. The summed E-state index contributed by atoms with van der Waals surface area (Å²) in [6.45, 7) is 9.47. The summed E-state index contributed by atoms with van der Waals surface area (Å²) < 4.78 is 6.39. The first-order valence-electron chi connectivity index (χ1n) is 20.5. The number of likely N-dealkylation sites (N-methyl/N-ethyl adjacent to an activating group) is 1. The molecule has 7 aliphatic rings. The molecule has 0 aromatic heterocycles. The Morgan fingerprint density at radius 1 is 1.04 bits per heavy atom. The molecule has 6 unspecified atom stereocenters. The van der Waals surface area contributed by atoms with Crippen LogP contribution in [0.2, 0.25) is 0 Å². The number of carbonyl (C=O) groups excluding carboxylic acids is 3. The number of ether oxygens (including phenoxy) is 1. The average Bonchev–Trinajstić information content (AvgIpc) is 3.76. The lowest BCUT2D eigenvalue weighted by Gasteiger charge is -2.62. The number of hydroxylamine groups is 2. The van der Waals surface area contributed by atoms with E-state index in [2.05, 4.69) is 50.4 Å². The van der Waals surface area contributed by atoms with Gasteiger partial charge in [0.1, 0.15) is 18.2 Å². The number of amides is 3. The third kappa shape index (κ3) is 7.42. The molecule has 0 aromatic carbocycles. The largest absolute Gasteiger partial charge is 0.394 e. The molecule has 0 spiro atoms. The second-order valence-electron chi connectivity index (χ2n) is 18.4. The topological polar surface area (TPSA) is 144 Å². The van der Waals surface area contributed by atoms with Gasteiger partial charge in [0.05, 0.1) is 18.8 Å². The number of hydrogen-bond acceptors (Lipinski definition) is 9. The first-order chi connectivity index (χ1) is 24.7. The Labute approximate surface area is 312 Å². The number of aliphatic hydroxyl groups is 2. The van der Waals surface area contributed by atoms with Crippen molar-refractivity contribution >= 4 is 17.7 Å². The van der Waals surface area contributed by atoms with Gasteiger partial charge in [-0.2, -0.15) is 5.06 Å². The van der Waals surface area contributed by atoms with E-state index in [1.165, 1.54) is 6.42 Å². The third-order valence-corrected chi connectivity index (χ3v) is 15.2. The molecular formula is C40H69N5O7. The van der Waals surface area contributed by atoms with Crippen LogP contribution in [-0.2, 0) is 24.0 Å². The summed E-state index contributed by atoms with van der Waals surface area (Å²) in [6.07, 6.45) is 7.59. The van der Waals surface area contributed by atoms with Crippen LogP contribution in [0.25, 0.3) is 0 Å². The predicted octanol–water partition coefficient (Wildman–Crippen LogP) is 2.66. The maximum Gasteiger partial charge on any atom is 0.242 e. The second kappa shape index (κ2) is 16.1. The fraction of sp³-hybridized carbons (Fsp3) is 0.925. The molecule has 7 rings (SSSR count). The van der Waals surface area contributed by atoms with Gasteiger partial charge in [0.15, 0.2) is 0 Å². The van der Waals surface area contributed by atoms with Crippen LogP contribution < -0.4 is 10.6 Å². The quantitative estimate of drug-likeness (QED) is 0.252. The van der Waals surface area contributed by atoms with Gasteiger partial charge < -0.3 is 35.4 Å². The van der Waals surface area contributed by atoms with Crippen molar-refractivity contribution in [1.29, 1.82) is 0 Å². The van der Waals surface area contributed by atoms with Crippen molar-refractivity contribution in [1.82, 2.24) is 25.5 Å². The number of aliphatic hydroxyl groups excluding tert-OH is 2. The van der Waals surface area contributed by atoms with E-state index in [4.69, 9.17) is 9.57 Å². The van der Waals surface area contributed by atoms with Crippen molar-refractivity contribution in [3.8, 4) is 0 Å². The Bertz CT molecular complexity index is 1280. The first kappa shape index (κ1) is 39.9. The van der Waals surface area contributed by atoms with E-state index in [0.717, 1.165) is 51.4 Å².